The summed E-state index contributed by atoms with van der Waals surface area (Å²) in [6.45, 7) is 2.54. The molecule has 0 fully saturated rings. The molecule has 1 unspecified atom stereocenters. The van der Waals surface area contributed by atoms with Crippen molar-refractivity contribution in [3.63, 3.8) is 0 Å². The molecule has 50 valence electrons. The van der Waals surface area contributed by atoms with Gasteiger partial charge in [-0.1, -0.05) is 0 Å². The third-order valence-corrected chi connectivity index (χ3v) is 1.08. The van der Waals surface area contributed by atoms with Crippen molar-refractivity contribution >= 4 is 0 Å². The number of rotatable bonds is 4. The summed E-state index contributed by atoms with van der Waals surface area (Å²) < 4.78 is 0. The number of aliphatic hydroxyl groups is 1. The first-order chi connectivity index (χ1) is 3.77. The Hall–Kier alpha value is -0.0800. The Kier molecular flexibility index (Phi) is 5.01. The first-order valence-electron chi connectivity index (χ1n) is 3.15. The van der Waals surface area contributed by atoms with Crippen LogP contribution in [-0.2, 0) is 0 Å². The Morgan fingerprint density at radius 3 is 2.50 bits per heavy atom. The van der Waals surface area contributed by atoms with E-state index in [1.807, 2.05) is 0 Å². The van der Waals surface area contributed by atoms with Crippen molar-refractivity contribution in [1.82, 2.24) is 0 Å². The van der Waals surface area contributed by atoms with Gasteiger partial charge in [0.05, 0.1) is 6.10 Å². The SMILES string of the molecule is CC(O)CCCCN. The van der Waals surface area contributed by atoms with Crippen LogP contribution in [0, 0.1) is 0 Å². The molecule has 0 saturated heterocycles. The largest absolute Gasteiger partial charge is 0.393 e. The van der Waals surface area contributed by atoms with Gasteiger partial charge in [-0.25, -0.2) is 0 Å². The van der Waals surface area contributed by atoms with Gasteiger partial charge in [0.25, 0.3) is 0 Å². The third kappa shape index (κ3) is 5.92. The van der Waals surface area contributed by atoms with Gasteiger partial charge in [0.2, 0.25) is 0 Å². The fraction of sp³-hybridized carbons (Fsp3) is 1.00. The Morgan fingerprint density at radius 1 is 1.50 bits per heavy atom. The molecule has 1 atom stereocenters. The molecule has 2 nitrogen and oxygen atoms in total. The van der Waals surface area contributed by atoms with Crippen LogP contribution in [0.1, 0.15) is 26.2 Å². The molecule has 0 saturated carbocycles. The molecule has 0 bridgehead atoms. The zero-order chi connectivity index (χ0) is 6.41. The van der Waals surface area contributed by atoms with Crippen molar-refractivity contribution in [1.29, 1.82) is 0 Å². The lowest BCUT2D eigenvalue weighted by Gasteiger charge is -2.00. The second-order valence-electron chi connectivity index (χ2n) is 2.13. The average molecular weight is 117 g/mol. The summed E-state index contributed by atoms with van der Waals surface area (Å²) in [6.07, 6.45) is 2.82. The van der Waals surface area contributed by atoms with Gasteiger partial charge in [-0.3, -0.25) is 0 Å². The van der Waals surface area contributed by atoms with Gasteiger partial charge in [0, 0.05) is 0 Å². The second-order valence-corrected chi connectivity index (χ2v) is 2.13. The van der Waals surface area contributed by atoms with E-state index in [9.17, 15) is 0 Å². The number of unbranched alkanes of at least 4 members (excludes halogenated alkanes) is 1. The maximum absolute atomic E-state index is 8.74. The molecular weight excluding hydrogens is 102 g/mol. The topological polar surface area (TPSA) is 46.2 Å². The summed E-state index contributed by atoms with van der Waals surface area (Å²) in [7, 11) is 0. The lowest BCUT2D eigenvalue weighted by molar-refractivity contribution is 0.181. The van der Waals surface area contributed by atoms with Gasteiger partial charge >= 0.3 is 0 Å². The van der Waals surface area contributed by atoms with E-state index in [0.717, 1.165) is 25.8 Å². The number of hydrogen-bond acceptors (Lipinski definition) is 2. The van der Waals surface area contributed by atoms with E-state index in [1.165, 1.54) is 0 Å². The van der Waals surface area contributed by atoms with Gasteiger partial charge in [-0.15, -0.1) is 0 Å². The highest BCUT2D eigenvalue weighted by atomic mass is 16.3. The highest BCUT2D eigenvalue weighted by molar-refractivity contribution is 4.47. The summed E-state index contributed by atoms with van der Waals surface area (Å²) in [5.74, 6) is 0. The van der Waals surface area contributed by atoms with Crippen molar-refractivity contribution in [2.45, 2.75) is 32.3 Å². The van der Waals surface area contributed by atoms with E-state index < -0.39 is 0 Å². The zero-order valence-electron chi connectivity index (χ0n) is 5.43. The maximum atomic E-state index is 8.74. The van der Waals surface area contributed by atoms with Gasteiger partial charge in [0.1, 0.15) is 0 Å². The quantitative estimate of drug-likeness (QED) is 0.526. The second kappa shape index (κ2) is 5.06. The number of nitrogens with two attached hydrogens (primary N) is 1. The zero-order valence-corrected chi connectivity index (χ0v) is 5.43. The predicted octanol–water partition coefficient (Wildman–Crippen LogP) is 0.496. The van der Waals surface area contributed by atoms with E-state index in [-0.39, 0.29) is 6.10 Å². The number of aliphatic hydroxyl groups excluding tert-OH is 1. The van der Waals surface area contributed by atoms with Crippen molar-refractivity contribution < 1.29 is 5.11 Å². The lowest BCUT2D eigenvalue weighted by Crippen LogP contribution is -2.02. The first-order valence-corrected chi connectivity index (χ1v) is 3.15. The summed E-state index contributed by atoms with van der Waals surface area (Å²) in [6, 6.07) is 0. The Bertz CT molecular complexity index is 45.8. The van der Waals surface area contributed by atoms with Crippen LogP contribution in [0.2, 0.25) is 0 Å². The van der Waals surface area contributed by atoms with Gasteiger partial charge in [-0.2, -0.15) is 0 Å². The van der Waals surface area contributed by atoms with Crippen LogP contribution >= 0.6 is 0 Å². The van der Waals surface area contributed by atoms with Gasteiger partial charge in [0.15, 0.2) is 0 Å². The fourth-order valence-electron chi connectivity index (χ4n) is 0.584. The van der Waals surface area contributed by atoms with Crippen LogP contribution in [-0.4, -0.2) is 17.8 Å². The van der Waals surface area contributed by atoms with Crippen molar-refractivity contribution in [3.8, 4) is 0 Å². The molecule has 0 heterocycles. The molecule has 0 amide bonds. The molecule has 3 N–H and O–H groups in total. The highest BCUT2D eigenvalue weighted by Crippen LogP contribution is 1.97. The Balaban J connectivity index is 2.72. The van der Waals surface area contributed by atoms with Crippen LogP contribution in [0.5, 0.6) is 0 Å². The minimum absolute atomic E-state index is 0.151. The molecule has 0 aromatic heterocycles. The van der Waals surface area contributed by atoms with Crippen molar-refractivity contribution in [2.75, 3.05) is 6.54 Å². The molecule has 0 aliphatic carbocycles. The molecule has 0 spiro atoms. The van der Waals surface area contributed by atoms with Gasteiger partial charge in [-0.05, 0) is 32.7 Å². The van der Waals surface area contributed by atoms with Crippen molar-refractivity contribution in [2.24, 2.45) is 5.73 Å². The monoisotopic (exact) mass is 117 g/mol. The molecule has 0 radical (unpaired) electrons. The van der Waals surface area contributed by atoms with E-state index in [2.05, 4.69) is 0 Å². The summed E-state index contributed by atoms with van der Waals surface area (Å²) >= 11 is 0. The van der Waals surface area contributed by atoms with Crippen LogP contribution in [0.4, 0.5) is 0 Å². The maximum Gasteiger partial charge on any atom is 0.0512 e. The molecule has 0 aromatic rings. The van der Waals surface area contributed by atoms with Crippen LogP contribution in [0.3, 0.4) is 0 Å². The molecule has 2 heteroatoms. The lowest BCUT2D eigenvalue weighted by atomic mass is 10.2. The Morgan fingerprint density at radius 2 is 2.12 bits per heavy atom. The van der Waals surface area contributed by atoms with E-state index in [0.29, 0.717) is 0 Å². The van der Waals surface area contributed by atoms with E-state index in [1.54, 1.807) is 6.92 Å². The fourth-order valence-corrected chi connectivity index (χ4v) is 0.584. The molecule has 8 heavy (non-hydrogen) atoms. The van der Waals surface area contributed by atoms with Gasteiger partial charge < -0.3 is 10.8 Å². The van der Waals surface area contributed by atoms with Crippen LogP contribution in [0.15, 0.2) is 0 Å². The molecule has 0 rings (SSSR count). The number of hydrogen-bond donors (Lipinski definition) is 2. The molecular formula is C6H15NO. The van der Waals surface area contributed by atoms with Crippen LogP contribution < -0.4 is 5.73 Å². The van der Waals surface area contributed by atoms with Crippen LogP contribution in [0.25, 0.3) is 0 Å². The minimum Gasteiger partial charge on any atom is -0.393 e. The summed E-state index contributed by atoms with van der Waals surface area (Å²) in [4.78, 5) is 0. The van der Waals surface area contributed by atoms with Crippen molar-refractivity contribution in [3.05, 3.63) is 0 Å². The normalized spacial score (nSPS) is 13.9. The third-order valence-electron chi connectivity index (χ3n) is 1.08. The van der Waals surface area contributed by atoms with E-state index >= 15 is 0 Å². The summed E-state index contributed by atoms with van der Waals surface area (Å²) in [5.41, 5.74) is 5.23. The molecule has 0 aromatic carbocycles. The molecule has 0 aliphatic heterocycles. The standard InChI is InChI=1S/C6H15NO/c1-6(8)4-2-3-5-7/h6,8H,2-5,7H2,1H3. The Labute approximate surface area is 50.7 Å². The molecule has 0 aliphatic rings. The van der Waals surface area contributed by atoms with E-state index in [4.69, 9.17) is 10.8 Å². The average Bonchev–Trinajstić information content (AvgIpc) is 1.66. The highest BCUT2D eigenvalue weighted by Gasteiger charge is 1.92. The summed E-state index contributed by atoms with van der Waals surface area (Å²) in [5, 5.41) is 8.74. The predicted molar refractivity (Wildman–Crippen MR) is 34.6 cm³/mol. The smallest absolute Gasteiger partial charge is 0.0512 e. The first kappa shape index (κ1) is 7.92. The minimum atomic E-state index is -0.151.